The third-order valence-electron chi connectivity index (χ3n) is 4.23. The monoisotopic (exact) mass is 560 g/mol. The smallest absolute Gasteiger partial charge is 0.281 e. The topological polar surface area (TPSA) is 63.6 Å². The highest BCUT2D eigenvalue weighted by molar-refractivity contribution is 7.86. The molecule has 3 aromatic carbocycles. The summed E-state index contributed by atoms with van der Waals surface area (Å²) in [6.07, 6.45) is -17.8. The van der Waals surface area contributed by atoms with Crippen LogP contribution in [0.15, 0.2) is 91.0 Å². The fourth-order valence-corrected chi connectivity index (χ4v) is 5.15. The van der Waals surface area contributed by atoms with E-state index in [1.165, 1.54) is 15.9 Å². The molecular formula is C22H17F8O4PS. The number of benzene rings is 3. The van der Waals surface area contributed by atoms with Crippen LogP contribution in [0.4, 0.5) is 35.1 Å². The molecule has 0 saturated carbocycles. The minimum Gasteiger partial charge on any atom is -0.281 e. The first-order valence-corrected chi connectivity index (χ1v) is 12.4. The third-order valence-corrected chi connectivity index (χ3v) is 7.55. The molecule has 36 heavy (non-hydrogen) atoms. The summed E-state index contributed by atoms with van der Waals surface area (Å²) in [5, 5.41) is -1.78. The van der Waals surface area contributed by atoms with Crippen molar-refractivity contribution < 1.29 is 52.8 Å². The summed E-state index contributed by atoms with van der Waals surface area (Å²) in [6, 6.07) is 32.3. The first kappa shape index (κ1) is 29.6. The van der Waals surface area contributed by atoms with Crippen LogP contribution in [0.3, 0.4) is 0 Å². The highest BCUT2D eigenvalue weighted by Crippen LogP contribution is 2.40. The highest BCUT2D eigenvalue weighted by Gasteiger charge is 2.65. The average molecular weight is 560 g/mol. The first-order chi connectivity index (χ1) is 16.6. The fourth-order valence-electron chi connectivity index (χ4n) is 2.56. The summed E-state index contributed by atoms with van der Waals surface area (Å²) in [5.74, 6) is 0. The predicted octanol–water partition coefficient (Wildman–Crippen LogP) is 5.38. The minimum atomic E-state index is -6.55. The lowest BCUT2D eigenvalue weighted by atomic mass is 10.4. The lowest BCUT2D eigenvalue weighted by Gasteiger charge is -2.24. The molecule has 4 nitrogen and oxygen atoms in total. The maximum Gasteiger partial charge on any atom is 0.483 e. The molecule has 0 aromatic heterocycles. The van der Waals surface area contributed by atoms with Crippen LogP contribution in [-0.2, 0) is 14.9 Å². The summed E-state index contributed by atoms with van der Waals surface area (Å²) in [7, 11) is -7.00. The highest BCUT2D eigenvalue weighted by atomic mass is 32.2. The summed E-state index contributed by atoms with van der Waals surface area (Å²) in [4.78, 5) is 0. The predicted molar refractivity (Wildman–Crippen MR) is 119 cm³/mol. The van der Waals surface area contributed by atoms with Crippen LogP contribution >= 0.6 is 7.92 Å². The van der Waals surface area contributed by atoms with Crippen molar-refractivity contribution in [1.29, 1.82) is 0 Å². The van der Waals surface area contributed by atoms with Gasteiger partial charge in [-0.2, -0.15) is 39.2 Å². The van der Waals surface area contributed by atoms with Gasteiger partial charge < -0.3 is 0 Å². The maximum atomic E-state index is 12.2. The zero-order valence-electron chi connectivity index (χ0n) is 17.8. The van der Waals surface area contributed by atoms with E-state index in [1.54, 1.807) is 0 Å². The van der Waals surface area contributed by atoms with E-state index in [-0.39, 0.29) is 0 Å². The van der Waals surface area contributed by atoms with Crippen molar-refractivity contribution in [3.8, 4) is 0 Å². The molecule has 1 N–H and O–H groups in total. The quantitative estimate of drug-likeness (QED) is 0.240. The second-order valence-electron chi connectivity index (χ2n) is 6.83. The second kappa shape index (κ2) is 11.6. The van der Waals surface area contributed by atoms with E-state index >= 15 is 0 Å². The summed E-state index contributed by atoms with van der Waals surface area (Å²) < 4.78 is 124. The second-order valence-corrected chi connectivity index (χ2v) is 10.5. The number of hydrogen-bond donors (Lipinski definition) is 1. The van der Waals surface area contributed by atoms with E-state index in [9.17, 15) is 43.5 Å². The van der Waals surface area contributed by atoms with Crippen LogP contribution in [0.1, 0.15) is 0 Å². The van der Waals surface area contributed by atoms with E-state index < -0.39 is 41.9 Å². The fraction of sp³-hybridized carbons (Fsp3) is 0.182. The van der Waals surface area contributed by atoms with Crippen molar-refractivity contribution in [1.82, 2.24) is 0 Å². The third kappa shape index (κ3) is 7.45. The van der Waals surface area contributed by atoms with Crippen molar-refractivity contribution >= 4 is 34.0 Å². The van der Waals surface area contributed by atoms with E-state index in [1.807, 2.05) is 4.74 Å². The van der Waals surface area contributed by atoms with Crippen molar-refractivity contribution in [2.75, 3.05) is 0 Å². The summed E-state index contributed by atoms with van der Waals surface area (Å²) in [5.41, 5.74) is 0. The van der Waals surface area contributed by atoms with Crippen molar-refractivity contribution in [2.45, 2.75) is 23.9 Å². The Balaban J connectivity index is 0.000000256. The van der Waals surface area contributed by atoms with Gasteiger partial charge in [0, 0.05) is 0 Å². The molecular weight excluding hydrogens is 543 g/mol. The van der Waals surface area contributed by atoms with Crippen LogP contribution in [0.2, 0.25) is 0 Å². The molecule has 0 saturated heterocycles. The zero-order chi connectivity index (χ0) is 27.2. The molecule has 14 heteroatoms. The number of hydrogen-bond acceptors (Lipinski definition) is 3. The number of halogens is 8. The van der Waals surface area contributed by atoms with Gasteiger partial charge in [-0.15, -0.1) is 0 Å². The van der Waals surface area contributed by atoms with E-state index in [0.29, 0.717) is 0 Å². The summed E-state index contributed by atoms with van der Waals surface area (Å²) >= 11 is 0. The molecule has 0 heterocycles. The number of ether oxygens (including phenoxy) is 1. The van der Waals surface area contributed by atoms with Crippen LogP contribution in [-0.4, -0.2) is 36.9 Å². The van der Waals surface area contributed by atoms with Crippen LogP contribution in [0, 0.1) is 0 Å². The standard InChI is InChI=1S/C18H15P.C4H2F8O4S/c1-4-10-16(11-5-1)19(17-12-6-2-7-13-17)18-14-8-3-9-15-18;5-1(2(6,7)17(13,14)15)16-4(11,12)3(8,9)10/h1-15H;1H,(H,13,14,15). The Hall–Kier alpha value is -2.60. The van der Waals surface area contributed by atoms with Gasteiger partial charge in [-0.25, -0.2) is 4.39 Å². The van der Waals surface area contributed by atoms with Gasteiger partial charge >= 0.3 is 27.7 Å². The Morgan fingerprint density at radius 1 is 0.667 bits per heavy atom. The first-order valence-electron chi connectivity index (χ1n) is 9.64. The Morgan fingerprint density at radius 2 is 0.972 bits per heavy atom. The molecule has 0 aliphatic rings. The van der Waals surface area contributed by atoms with Gasteiger partial charge in [0.2, 0.25) is 0 Å². The lowest BCUT2D eigenvalue weighted by molar-refractivity contribution is -0.423. The Morgan fingerprint density at radius 3 is 1.22 bits per heavy atom. The normalized spacial score (nSPS) is 13.6. The van der Waals surface area contributed by atoms with Crippen LogP contribution < -0.4 is 15.9 Å². The minimum absolute atomic E-state index is 0.446. The molecule has 1 unspecified atom stereocenters. The number of alkyl halides is 8. The average Bonchev–Trinajstić information content (AvgIpc) is 2.80. The Kier molecular flexibility index (Phi) is 9.58. The largest absolute Gasteiger partial charge is 0.483 e. The van der Waals surface area contributed by atoms with E-state index in [4.69, 9.17) is 4.55 Å². The van der Waals surface area contributed by atoms with Crippen molar-refractivity contribution in [3.05, 3.63) is 91.0 Å². The number of rotatable bonds is 7. The van der Waals surface area contributed by atoms with Gasteiger partial charge in [0.15, 0.2) is 0 Å². The molecule has 0 aliphatic heterocycles. The molecule has 3 rings (SSSR count). The zero-order valence-corrected chi connectivity index (χ0v) is 19.5. The summed E-state index contributed by atoms with van der Waals surface area (Å²) in [6.45, 7) is 0. The van der Waals surface area contributed by atoms with Gasteiger partial charge in [0.05, 0.1) is 0 Å². The molecule has 0 amide bonds. The van der Waals surface area contributed by atoms with Crippen LogP contribution in [0.5, 0.6) is 0 Å². The van der Waals surface area contributed by atoms with E-state index in [2.05, 4.69) is 91.0 Å². The van der Waals surface area contributed by atoms with Crippen LogP contribution in [0.25, 0.3) is 0 Å². The molecule has 0 aliphatic carbocycles. The van der Waals surface area contributed by atoms with Crippen molar-refractivity contribution in [2.24, 2.45) is 0 Å². The molecule has 0 bridgehead atoms. The van der Waals surface area contributed by atoms with E-state index in [0.717, 1.165) is 0 Å². The van der Waals surface area contributed by atoms with Gasteiger partial charge in [0.1, 0.15) is 0 Å². The van der Waals surface area contributed by atoms with Gasteiger partial charge in [-0.1, -0.05) is 91.0 Å². The molecule has 3 aromatic rings. The molecule has 0 fully saturated rings. The van der Waals surface area contributed by atoms with Gasteiger partial charge in [0.25, 0.3) is 6.36 Å². The van der Waals surface area contributed by atoms with Gasteiger partial charge in [-0.05, 0) is 23.8 Å². The molecule has 0 spiro atoms. The van der Waals surface area contributed by atoms with Crippen molar-refractivity contribution in [3.63, 3.8) is 0 Å². The SMILES string of the molecule is O=S(=O)(O)C(F)(F)C(F)OC(F)(F)C(F)(F)F.c1ccc(P(c2ccccc2)c2ccccc2)cc1. The lowest BCUT2D eigenvalue weighted by Crippen LogP contribution is -2.48. The van der Waals surface area contributed by atoms with Gasteiger partial charge in [-0.3, -0.25) is 9.29 Å². The molecule has 196 valence electrons. The Labute approximate surface area is 202 Å². The maximum absolute atomic E-state index is 12.2. The molecule has 0 radical (unpaired) electrons. The molecule has 1 atom stereocenters. The Bertz CT molecular complexity index is 1100.